The van der Waals surface area contributed by atoms with Gasteiger partial charge in [-0.3, -0.25) is 23.9 Å². The van der Waals surface area contributed by atoms with Gasteiger partial charge in [-0.2, -0.15) is 4.98 Å². The van der Waals surface area contributed by atoms with E-state index < -0.39 is 0 Å². The highest BCUT2D eigenvalue weighted by atomic mass is 35.5. The molecular weight excluding hydrogens is 594 g/mol. The first-order valence-electron chi connectivity index (χ1n) is 16.1. The average Bonchev–Trinajstić information content (AvgIpc) is 3.55. The molecule has 238 valence electrons. The summed E-state index contributed by atoms with van der Waals surface area (Å²) in [6.45, 7) is 9.79. The third kappa shape index (κ3) is 5.43. The number of pyridine rings is 1. The highest BCUT2D eigenvalue weighted by Gasteiger charge is 2.37. The van der Waals surface area contributed by atoms with E-state index >= 15 is 0 Å². The van der Waals surface area contributed by atoms with Crippen LogP contribution in [0.25, 0.3) is 11.0 Å². The number of nitrogens with one attached hydrogen (secondary N) is 1. The summed E-state index contributed by atoms with van der Waals surface area (Å²) < 4.78 is 8.01. The standard InChI is InChI=1S/C33H40ClN7O4/c1-19-26-16-35-33(37-31(26)41(24-6-4-5-7-24)32(44)29(19)20(2)42)36-22-14-27(34)30-28(15-22)45-18-25-17-39(12-13-40(25)30)23-8-10-38(11-9-23)21(3)43/h14-16,23-25H,4-13,17-18H2,1-3H3,(H,35,36,37)/t25-/m1/s1. The molecule has 2 saturated heterocycles. The molecule has 0 spiro atoms. The molecule has 12 heteroatoms. The Hall–Kier alpha value is -3.70. The molecule has 0 bridgehead atoms. The van der Waals surface area contributed by atoms with Crippen molar-refractivity contribution in [3.63, 3.8) is 0 Å². The molecule has 3 fully saturated rings. The lowest BCUT2D eigenvalue weighted by Gasteiger charge is -2.49. The third-order valence-electron chi connectivity index (χ3n) is 10.2. The maximum absolute atomic E-state index is 13.6. The molecule has 1 N–H and O–H groups in total. The number of hydrogen-bond acceptors (Lipinski definition) is 9. The van der Waals surface area contributed by atoms with E-state index in [1.165, 1.54) is 6.92 Å². The number of rotatable bonds is 5. The van der Waals surface area contributed by atoms with E-state index in [0.717, 1.165) is 82.7 Å². The van der Waals surface area contributed by atoms with E-state index in [0.29, 0.717) is 45.9 Å². The predicted octanol–water partition coefficient (Wildman–Crippen LogP) is 4.71. The van der Waals surface area contributed by atoms with Gasteiger partial charge >= 0.3 is 0 Å². The molecule has 3 aromatic rings. The van der Waals surface area contributed by atoms with E-state index in [9.17, 15) is 14.4 Å². The molecule has 11 nitrogen and oxygen atoms in total. The summed E-state index contributed by atoms with van der Waals surface area (Å²) in [7, 11) is 0. The number of Topliss-reactive ketones (excluding diaryl/α,β-unsaturated/α-hetero) is 1. The average molecular weight is 634 g/mol. The van der Waals surface area contributed by atoms with Gasteiger partial charge in [0.1, 0.15) is 18.0 Å². The summed E-state index contributed by atoms with van der Waals surface area (Å²) >= 11 is 6.93. The Labute approximate surface area is 267 Å². The van der Waals surface area contributed by atoms with Crippen LogP contribution in [0.3, 0.4) is 0 Å². The number of halogens is 1. The van der Waals surface area contributed by atoms with E-state index in [2.05, 4.69) is 20.1 Å². The normalized spacial score (nSPS) is 21.0. The number of amides is 1. The number of benzene rings is 1. The van der Waals surface area contributed by atoms with Gasteiger partial charge in [-0.05, 0) is 51.2 Å². The van der Waals surface area contributed by atoms with Crippen molar-refractivity contribution in [2.75, 3.05) is 49.5 Å². The first-order valence-corrected chi connectivity index (χ1v) is 16.5. The molecule has 2 aromatic heterocycles. The second-order valence-electron chi connectivity index (χ2n) is 12.9. The Bertz CT molecular complexity index is 1730. The molecule has 1 atom stereocenters. The number of ketones is 1. The number of likely N-dealkylation sites (tertiary alicyclic amines) is 1. The van der Waals surface area contributed by atoms with Gasteiger partial charge in [0, 0.05) is 75.1 Å². The second kappa shape index (κ2) is 11.9. The van der Waals surface area contributed by atoms with Gasteiger partial charge in [-0.1, -0.05) is 24.4 Å². The molecule has 7 rings (SSSR count). The number of anilines is 3. The summed E-state index contributed by atoms with van der Waals surface area (Å²) in [6.07, 6.45) is 7.56. The number of fused-ring (bicyclic) bond motifs is 4. The first-order chi connectivity index (χ1) is 21.7. The first kappa shape index (κ1) is 30.0. The Balaban J connectivity index is 1.13. The Morgan fingerprint density at radius 2 is 1.76 bits per heavy atom. The number of carbonyl (C=O) groups is 2. The van der Waals surface area contributed by atoms with Crippen molar-refractivity contribution < 1.29 is 14.3 Å². The SMILES string of the molecule is CC(=O)c1c(C)c2cnc(Nc3cc(Cl)c4c(c3)OC[C@H]3CN(C5CCN(C(C)=O)CC5)CCN43)nc2n(C2CCCC2)c1=O. The largest absolute Gasteiger partial charge is 0.489 e. The molecule has 5 heterocycles. The topological polar surface area (TPSA) is 113 Å². The lowest BCUT2D eigenvalue weighted by Crippen LogP contribution is -2.60. The van der Waals surface area contributed by atoms with Crippen molar-refractivity contribution in [1.82, 2.24) is 24.3 Å². The summed E-state index contributed by atoms with van der Waals surface area (Å²) in [5, 5.41) is 4.59. The van der Waals surface area contributed by atoms with Crippen molar-refractivity contribution in [2.45, 2.75) is 77.4 Å². The highest BCUT2D eigenvalue weighted by molar-refractivity contribution is 6.34. The molecule has 1 aliphatic carbocycles. The monoisotopic (exact) mass is 633 g/mol. The molecule has 3 aliphatic heterocycles. The van der Waals surface area contributed by atoms with Gasteiger partial charge in [0.25, 0.3) is 5.56 Å². The van der Waals surface area contributed by atoms with Crippen LogP contribution in [0, 0.1) is 6.92 Å². The predicted molar refractivity (Wildman–Crippen MR) is 174 cm³/mol. The second-order valence-corrected chi connectivity index (χ2v) is 13.3. The fraction of sp³-hybridized carbons (Fsp3) is 0.545. The quantitative estimate of drug-likeness (QED) is 0.399. The number of carbonyl (C=O) groups excluding carboxylic acids is 2. The number of piperazine rings is 1. The highest BCUT2D eigenvalue weighted by Crippen LogP contribution is 2.44. The van der Waals surface area contributed by atoms with Gasteiger partial charge in [-0.25, -0.2) is 4.98 Å². The molecule has 4 aliphatic rings. The van der Waals surface area contributed by atoms with Crippen LogP contribution in [0.5, 0.6) is 5.75 Å². The fourth-order valence-electron chi connectivity index (χ4n) is 7.85. The lowest BCUT2D eigenvalue weighted by molar-refractivity contribution is -0.130. The Morgan fingerprint density at radius 1 is 1.00 bits per heavy atom. The van der Waals surface area contributed by atoms with Crippen LogP contribution in [-0.4, -0.2) is 87.4 Å². The van der Waals surface area contributed by atoms with E-state index in [-0.39, 0.29) is 34.9 Å². The zero-order valence-electron chi connectivity index (χ0n) is 26.1. The van der Waals surface area contributed by atoms with Gasteiger partial charge in [-0.15, -0.1) is 0 Å². The van der Waals surface area contributed by atoms with Crippen LogP contribution in [0.2, 0.25) is 5.02 Å². The molecule has 0 unspecified atom stereocenters. The van der Waals surface area contributed by atoms with Crippen molar-refractivity contribution in [1.29, 1.82) is 0 Å². The van der Waals surface area contributed by atoms with Gasteiger partial charge in [0.15, 0.2) is 5.78 Å². The van der Waals surface area contributed by atoms with E-state index in [1.807, 2.05) is 17.0 Å². The number of aryl methyl sites for hydroxylation is 1. The van der Waals surface area contributed by atoms with Crippen LogP contribution >= 0.6 is 11.6 Å². The summed E-state index contributed by atoms with van der Waals surface area (Å²) in [5.74, 6) is 0.984. The molecule has 45 heavy (non-hydrogen) atoms. The molecule has 1 aromatic carbocycles. The summed E-state index contributed by atoms with van der Waals surface area (Å²) in [4.78, 5) is 54.0. The van der Waals surface area contributed by atoms with Crippen molar-refractivity contribution in [3.05, 3.63) is 44.8 Å². The van der Waals surface area contributed by atoms with Gasteiger partial charge in [0.05, 0.1) is 22.3 Å². The Morgan fingerprint density at radius 3 is 2.47 bits per heavy atom. The zero-order valence-corrected chi connectivity index (χ0v) is 26.9. The summed E-state index contributed by atoms with van der Waals surface area (Å²) in [6, 6.07) is 4.50. The van der Waals surface area contributed by atoms with Crippen LogP contribution in [0.4, 0.5) is 17.3 Å². The van der Waals surface area contributed by atoms with Gasteiger partial charge in [0.2, 0.25) is 11.9 Å². The maximum Gasteiger partial charge on any atom is 0.263 e. The maximum atomic E-state index is 13.6. The molecular formula is C33H40ClN7O4. The summed E-state index contributed by atoms with van der Waals surface area (Å²) in [5.41, 5.74) is 2.70. The van der Waals surface area contributed by atoms with Crippen LogP contribution in [0.15, 0.2) is 23.1 Å². The number of nitrogens with zero attached hydrogens (tertiary/aromatic N) is 6. The van der Waals surface area contributed by atoms with E-state index in [1.54, 1.807) is 24.6 Å². The lowest BCUT2D eigenvalue weighted by atomic mass is 9.99. The number of hydrogen-bond donors (Lipinski definition) is 1. The van der Waals surface area contributed by atoms with Crippen molar-refractivity contribution in [2.24, 2.45) is 0 Å². The number of ether oxygens (including phenoxy) is 1. The molecule has 1 amide bonds. The molecule has 0 radical (unpaired) electrons. The van der Waals surface area contributed by atoms with Crippen LogP contribution < -0.4 is 20.5 Å². The fourth-order valence-corrected chi connectivity index (χ4v) is 8.17. The minimum absolute atomic E-state index is 0.00908. The number of piperidine rings is 1. The van der Waals surface area contributed by atoms with Crippen molar-refractivity contribution in [3.8, 4) is 5.75 Å². The van der Waals surface area contributed by atoms with Crippen LogP contribution in [-0.2, 0) is 4.79 Å². The van der Waals surface area contributed by atoms with Crippen molar-refractivity contribution >= 4 is 51.6 Å². The Kier molecular flexibility index (Phi) is 7.93. The minimum atomic E-state index is -0.273. The van der Waals surface area contributed by atoms with Gasteiger partial charge < -0.3 is 19.9 Å². The van der Waals surface area contributed by atoms with Crippen LogP contribution in [0.1, 0.15) is 74.3 Å². The zero-order chi connectivity index (χ0) is 31.4. The third-order valence-corrected chi connectivity index (χ3v) is 10.5. The number of aromatic nitrogens is 3. The molecule has 1 saturated carbocycles. The smallest absolute Gasteiger partial charge is 0.263 e. The minimum Gasteiger partial charge on any atom is -0.489 e. The van der Waals surface area contributed by atoms with E-state index in [4.69, 9.17) is 21.3 Å².